The number of aliphatic hydroxyl groups excluding tert-OH is 1. The van der Waals surface area contributed by atoms with Crippen molar-refractivity contribution >= 4 is 11.9 Å². The van der Waals surface area contributed by atoms with Gasteiger partial charge in [-0.05, 0) is 26.7 Å². The molecule has 0 spiro atoms. The molecule has 0 radical (unpaired) electrons. The lowest BCUT2D eigenvalue weighted by Crippen LogP contribution is -2.27. The second kappa shape index (κ2) is 11.8. The Kier molecular flexibility index (Phi) is 11.1. The summed E-state index contributed by atoms with van der Waals surface area (Å²) >= 11 is 0. The third-order valence-electron chi connectivity index (χ3n) is 3.71. The monoisotopic (exact) mass is 398 g/mol. The molecule has 27 heavy (non-hydrogen) atoms. The first-order valence-corrected chi connectivity index (χ1v) is 8.77. The fourth-order valence-electron chi connectivity index (χ4n) is 2.33. The van der Waals surface area contributed by atoms with Gasteiger partial charge in [-0.3, -0.25) is 9.59 Å². The molecule has 158 valence electrons. The Bertz CT molecular complexity index is 490. The van der Waals surface area contributed by atoms with Gasteiger partial charge in [0.15, 0.2) is 6.61 Å². The highest BCUT2D eigenvalue weighted by atomic mass is 19.4. The number of rotatable bonds is 12. The molecule has 0 saturated heterocycles. The van der Waals surface area contributed by atoms with Crippen LogP contribution in [-0.4, -0.2) is 49.1 Å². The zero-order chi connectivity index (χ0) is 21.2. The van der Waals surface area contributed by atoms with Gasteiger partial charge in [-0.1, -0.05) is 20.4 Å². The van der Waals surface area contributed by atoms with Crippen LogP contribution < -0.4 is 0 Å². The molecule has 0 aromatic carbocycles. The summed E-state index contributed by atoms with van der Waals surface area (Å²) < 4.78 is 51.2. The van der Waals surface area contributed by atoms with Crippen LogP contribution in [0, 0.1) is 17.8 Å². The third kappa shape index (κ3) is 11.5. The molecule has 0 aliphatic carbocycles. The van der Waals surface area contributed by atoms with Crippen molar-refractivity contribution in [1.29, 1.82) is 0 Å². The van der Waals surface area contributed by atoms with Gasteiger partial charge in [-0.15, -0.1) is 0 Å². The number of ether oxygens (including phenoxy) is 3. The van der Waals surface area contributed by atoms with Gasteiger partial charge in [0.1, 0.15) is 6.61 Å². The minimum absolute atomic E-state index is 0.0317. The molecule has 6 nitrogen and oxygen atoms in total. The van der Waals surface area contributed by atoms with E-state index in [1.54, 1.807) is 13.8 Å². The first-order valence-electron chi connectivity index (χ1n) is 8.77. The van der Waals surface area contributed by atoms with E-state index in [0.717, 1.165) is 0 Å². The average Bonchev–Trinajstić information content (AvgIpc) is 2.55. The Labute approximate surface area is 157 Å². The van der Waals surface area contributed by atoms with Gasteiger partial charge < -0.3 is 19.3 Å². The molecule has 0 aliphatic rings. The van der Waals surface area contributed by atoms with Crippen molar-refractivity contribution in [1.82, 2.24) is 0 Å². The van der Waals surface area contributed by atoms with E-state index >= 15 is 0 Å². The van der Waals surface area contributed by atoms with Gasteiger partial charge in [0.25, 0.3) is 0 Å². The standard InChI is InChI=1S/C18H29F3O6/c1-6-25-16(23)11(2)7-15(14(5)26-9-13(4)22)8-12(3)17(24)27-10-18(19,20)21/h11-13,15,22H,5-10H2,1-4H3. The number of hydrogen-bond donors (Lipinski definition) is 1. The average molecular weight is 398 g/mol. The lowest BCUT2D eigenvalue weighted by atomic mass is 9.87. The predicted octanol–water partition coefficient (Wildman–Crippen LogP) is 3.23. The van der Waals surface area contributed by atoms with Crippen molar-refractivity contribution in [2.45, 2.75) is 52.8 Å². The largest absolute Gasteiger partial charge is 0.496 e. The number of esters is 2. The normalized spacial score (nSPS) is 16.0. The van der Waals surface area contributed by atoms with Crippen molar-refractivity contribution in [3.05, 3.63) is 12.3 Å². The molecule has 1 N–H and O–H groups in total. The molecule has 0 saturated carbocycles. The summed E-state index contributed by atoms with van der Waals surface area (Å²) in [4.78, 5) is 23.7. The minimum Gasteiger partial charge on any atom is -0.496 e. The van der Waals surface area contributed by atoms with Crippen molar-refractivity contribution in [3.8, 4) is 0 Å². The van der Waals surface area contributed by atoms with E-state index in [1.807, 2.05) is 0 Å². The van der Waals surface area contributed by atoms with E-state index in [-0.39, 0.29) is 31.8 Å². The SMILES string of the molecule is C=C(OCC(C)O)C(CC(C)C(=O)OCC)CC(C)C(=O)OCC(F)(F)F. The van der Waals surface area contributed by atoms with Gasteiger partial charge in [0.05, 0.1) is 30.3 Å². The fraction of sp³-hybridized carbons (Fsp3) is 0.778. The Morgan fingerprint density at radius 1 is 1.00 bits per heavy atom. The summed E-state index contributed by atoms with van der Waals surface area (Å²) in [5, 5.41) is 9.32. The smallest absolute Gasteiger partial charge is 0.422 e. The number of carbonyl (C=O) groups is 2. The molecular formula is C18H29F3O6. The lowest BCUT2D eigenvalue weighted by Gasteiger charge is -2.25. The molecule has 0 amide bonds. The molecule has 4 atom stereocenters. The summed E-state index contributed by atoms with van der Waals surface area (Å²) in [6, 6.07) is 0. The number of carbonyl (C=O) groups excluding carboxylic acids is 2. The lowest BCUT2D eigenvalue weighted by molar-refractivity contribution is -0.189. The van der Waals surface area contributed by atoms with Crippen LogP contribution in [0.25, 0.3) is 0 Å². The quantitative estimate of drug-likeness (QED) is 0.402. The Morgan fingerprint density at radius 3 is 1.89 bits per heavy atom. The highest BCUT2D eigenvalue weighted by Gasteiger charge is 2.32. The van der Waals surface area contributed by atoms with Crippen molar-refractivity contribution < 1.29 is 42.1 Å². The van der Waals surface area contributed by atoms with Gasteiger partial charge in [-0.25, -0.2) is 0 Å². The van der Waals surface area contributed by atoms with Crippen molar-refractivity contribution in [3.63, 3.8) is 0 Å². The molecule has 0 heterocycles. The topological polar surface area (TPSA) is 82.1 Å². The number of hydrogen-bond acceptors (Lipinski definition) is 6. The van der Waals surface area contributed by atoms with E-state index < -0.39 is 48.6 Å². The second-order valence-corrected chi connectivity index (χ2v) is 6.57. The Balaban J connectivity index is 4.98. The fourth-order valence-corrected chi connectivity index (χ4v) is 2.33. The molecule has 0 rings (SSSR count). The Morgan fingerprint density at radius 2 is 1.48 bits per heavy atom. The van der Waals surface area contributed by atoms with Crippen molar-refractivity contribution in [2.75, 3.05) is 19.8 Å². The number of allylic oxidation sites excluding steroid dienone is 1. The van der Waals surface area contributed by atoms with Crippen LogP contribution in [0.3, 0.4) is 0 Å². The molecular weight excluding hydrogens is 369 g/mol. The van der Waals surface area contributed by atoms with Gasteiger partial charge in [-0.2, -0.15) is 13.2 Å². The van der Waals surface area contributed by atoms with Crippen LogP contribution in [0.5, 0.6) is 0 Å². The van der Waals surface area contributed by atoms with Crippen LogP contribution >= 0.6 is 0 Å². The van der Waals surface area contributed by atoms with Gasteiger partial charge in [0.2, 0.25) is 0 Å². The number of aliphatic hydroxyl groups is 1. The van der Waals surface area contributed by atoms with E-state index in [2.05, 4.69) is 11.3 Å². The maximum Gasteiger partial charge on any atom is 0.422 e. The number of halogens is 3. The maximum atomic E-state index is 12.2. The molecule has 0 aliphatic heterocycles. The van der Waals surface area contributed by atoms with Crippen LogP contribution in [0.4, 0.5) is 13.2 Å². The van der Waals surface area contributed by atoms with E-state index in [0.29, 0.717) is 0 Å². The van der Waals surface area contributed by atoms with E-state index in [1.165, 1.54) is 13.8 Å². The second-order valence-electron chi connectivity index (χ2n) is 6.57. The maximum absolute atomic E-state index is 12.2. The van der Waals surface area contributed by atoms with Crippen LogP contribution in [0.2, 0.25) is 0 Å². The van der Waals surface area contributed by atoms with E-state index in [9.17, 15) is 27.9 Å². The zero-order valence-electron chi connectivity index (χ0n) is 16.2. The third-order valence-corrected chi connectivity index (χ3v) is 3.71. The first-order chi connectivity index (χ1) is 12.4. The molecule has 0 aromatic rings. The molecule has 0 aromatic heterocycles. The number of alkyl halides is 3. The summed E-state index contributed by atoms with van der Waals surface area (Å²) in [5.74, 6) is -3.08. The summed E-state index contributed by atoms with van der Waals surface area (Å²) in [5.41, 5.74) is 0. The zero-order valence-corrected chi connectivity index (χ0v) is 16.2. The van der Waals surface area contributed by atoms with Gasteiger partial charge in [0, 0.05) is 5.92 Å². The van der Waals surface area contributed by atoms with Crippen LogP contribution in [0.1, 0.15) is 40.5 Å². The summed E-state index contributed by atoms with van der Waals surface area (Å²) in [6.07, 6.45) is -5.04. The highest BCUT2D eigenvalue weighted by molar-refractivity contribution is 5.72. The molecule has 0 fully saturated rings. The summed E-state index contributed by atoms with van der Waals surface area (Å²) in [7, 11) is 0. The molecule has 9 heteroatoms. The van der Waals surface area contributed by atoms with Crippen molar-refractivity contribution in [2.24, 2.45) is 17.8 Å². The predicted molar refractivity (Wildman–Crippen MR) is 91.5 cm³/mol. The van der Waals surface area contributed by atoms with E-state index in [4.69, 9.17) is 9.47 Å². The van der Waals surface area contributed by atoms with Crippen LogP contribution in [-0.2, 0) is 23.8 Å². The van der Waals surface area contributed by atoms with Crippen LogP contribution in [0.15, 0.2) is 12.3 Å². The highest BCUT2D eigenvalue weighted by Crippen LogP contribution is 2.29. The van der Waals surface area contributed by atoms with Gasteiger partial charge >= 0.3 is 18.1 Å². The minimum atomic E-state index is -4.60. The molecule has 0 bridgehead atoms. The Hall–Kier alpha value is -1.77. The molecule has 4 unspecified atom stereocenters. The summed E-state index contributed by atoms with van der Waals surface area (Å²) in [6.45, 7) is 8.55. The first kappa shape index (κ1) is 25.2.